The van der Waals surface area contributed by atoms with Crippen molar-refractivity contribution >= 4 is 23.1 Å². The van der Waals surface area contributed by atoms with Crippen molar-refractivity contribution in [2.24, 2.45) is 0 Å². The highest BCUT2D eigenvalue weighted by Gasteiger charge is 2.34. The van der Waals surface area contributed by atoms with Crippen molar-refractivity contribution in [1.29, 1.82) is 5.41 Å². The first-order valence-corrected chi connectivity index (χ1v) is 9.74. The summed E-state index contributed by atoms with van der Waals surface area (Å²) in [4.78, 5) is 23.7. The molecule has 1 amide bonds. The number of aryl methyl sites for hydroxylation is 1. The van der Waals surface area contributed by atoms with E-state index >= 15 is 0 Å². The third-order valence-corrected chi connectivity index (χ3v) is 4.90. The van der Waals surface area contributed by atoms with Crippen LogP contribution in [0.2, 0.25) is 0 Å². The van der Waals surface area contributed by atoms with Crippen LogP contribution in [0.5, 0.6) is 5.75 Å². The van der Waals surface area contributed by atoms with Crippen LogP contribution in [0.3, 0.4) is 0 Å². The maximum absolute atomic E-state index is 12.9. The van der Waals surface area contributed by atoms with Gasteiger partial charge in [0.1, 0.15) is 11.6 Å². The van der Waals surface area contributed by atoms with Gasteiger partial charge in [-0.1, -0.05) is 12.1 Å². The van der Waals surface area contributed by atoms with Crippen LogP contribution in [0.15, 0.2) is 48.5 Å². The van der Waals surface area contributed by atoms with E-state index in [0.29, 0.717) is 29.5 Å². The fraction of sp³-hybridized carbons (Fsp3) is 0.217. The number of fused-ring (bicyclic) bond motifs is 1. The second-order valence-electron chi connectivity index (χ2n) is 7.04. The lowest BCUT2D eigenvalue weighted by Crippen LogP contribution is -2.21. The molecule has 0 unspecified atom stereocenters. The number of amides is 1. The first-order valence-electron chi connectivity index (χ1n) is 9.74. The molecule has 0 saturated carbocycles. The van der Waals surface area contributed by atoms with Crippen LogP contribution in [0, 0.1) is 12.3 Å². The molecule has 0 radical (unpaired) electrons. The monoisotopic (exact) mass is 402 g/mol. The molecule has 0 saturated heterocycles. The van der Waals surface area contributed by atoms with E-state index in [1.54, 1.807) is 4.90 Å². The van der Waals surface area contributed by atoms with E-state index < -0.39 is 6.61 Å². The Balaban J connectivity index is 1.86. The maximum atomic E-state index is 12.9. The Kier molecular flexibility index (Phi) is 5.29. The van der Waals surface area contributed by atoms with Gasteiger partial charge in [-0.25, -0.2) is 9.97 Å². The van der Waals surface area contributed by atoms with Crippen LogP contribution in [0.1, 0.15) is 23.7 Å². The molecule has 1 aromatic heterocycles. The van der Waals surface area contributed by atoms with Crippen molar-refractivity contribution in [2.45, 2.75) is 20.3 Å². The molecular weight excluding hydrogens is 380 g/mol. The van der Waals surface area contributed by atoms with Crippen LogP contribution >= 0.6 is 0 Å². The van der Waals surface area contributed by atoms with Crippen molar-refractivity contribution in [3.8, 4) is 17.1 Å². The van der Waals surface area contributed by atoms with Gasteiger partial charge in [0, 0.05) is 11.1 Å². The number of anilines is 2. The Labute approximate surface area is 174 Å². The smallest absolute Gasteiger partial charge is 0.237 e. The van der Waals surface area contributed by atoms with Crippen molar-refractivity contribution in [3.63, 3.8) is 0 Å². The highest BCUT2D eigenvalue weighted by Crippen LogP contribution is 2.37. The number of ether oxygens (including phenoxy) is 1. The molecule has 4 rings (SSSR count). The molecule has 7 nitrogen and oxygen atoms in total. The summed E-state index contributed by atoms with van der Waals surface area (Å²) in [5.74, 6) is 1.44. The minimum absolute atomic E-state index is 0.0419. The Bertz CT molecular complexity index is 1130. The van der Waals surface area contributed by atoms with Crippen LogP contribution in [-0.2, 0) is 11.2 Å². The van der Waals surface area contributed by atoms with Crippen molar-refractivity contribution in [1.82, 2.24) is 9.97 Å². The summed E-state index contributed by atoms with van der Waals surface area (Å²) < 4.78 is 5.49. The topological polar surface area (TPSA) is 99.4 Å². The Morgan fingerprint density at radius 3 is 2.63 bits per heavy atom. The summed E-state index contributed by atoms with van der Waals surface area (Å²) in [6.45, 7) is 3.98. The number of aliphatic hydroxyl groups is 1. The van der Waals surface area contributed by atoms with Gasteiger partial charge in [0.25, 0.3) is 0 Å². The molecule has 152 valence electrons. The summed E-state index contributed by atoms with van der Waals surface area (Å²) in [5.41, 5.74) is 3.30. The van der Waals surface area contributed by atoms with Gasteiger partial charge in [0.15, 0.2) is 5.82 Å². The molecule has 1 aliphatic rings. The lowest BCUT2D eigenvalue weighted by molar-refractivity contribution is -0.116. The third kappa shape index (κ3) is 3.55. The average molecular weight is 402 g/mol. The number of nitrogens with zero attached hydrogens (tertiary/aromatic N) is 3. The standard InChI is InChI=1S/C23H22N4O3/c1-3-30-17-9-7-15(8-10-17)22-25-21(19(24)13-28)18-12-20(29)27(23(18)26-22)16-6-4-5-14(2)11-16/h4-11,24,28H,3,12-13H2,1-2H3. The summed E-state index contributed by atoms with van der Waals surface area (Å²) in [6, 6.07) is 15.0. The summed E-state index contributed by atoms with van der Waals surface area (Å²) in [6.07, 6.45) is 0.0878. The Hall–Kier alpha value is -3.58. The van der Waals surface area contributed by atoms with E-state index in [4.69, 9.17) is 10.1 Å². The van der Waals surface area contributed by atoms with Crippen molar-refractivity contribution in [2.75, 3.05) is 18.1 Å². The number of aromatic nitrogens is 2. The molecule has 0 fully saturated rings. The predicted octanol–water partition coefficient (Wildman–Crippen LogP) is 3.43. The lowest BCUT2D eigenvalue weighted by atomic mass is 10.1. The van der Waals surface area contributed by atoms with E-state index in [0.717, 1.165) is 22.6 Å². The SMILES string of the molecule is CCOc1ccc(-c2nc(C(=N)CO)c3c(n2)N(c2cccc(C)c2)C(=O)C3)cc1. The lowest BCUT2D eigenvalue weighted by Gasteiger charge is -2.18. The zero-order valence-corrected chi connectivity index (χ0v) is 16.8. The molecule has 3 aromatic rings. The number of hydrogen-bond donors (Lipinski definition) is 2. The van der Waals surface area contributed by atoms with Gasteiger partial charge >= 0.3 is 0 Å². The number of carbonyl (C=O) groups excluding carboxylic acids is 1. The zero-order valence-electron chi connectivity index (χ0n) is 16.8. The molecule has 2 aromatic carbocycles. The number of rotatable bonds is 6. The van der Waals surface area contributed by atoms with E-state index in [9.17, 15) is 9.90 Å². The molecule has 0 bridgehead atoms. The Morgan fingerprint density at radius 1 is 1.20 bits per heavy atom. The molecule has 1 aliphatic heterocycles. The summed E-state index contributed by atoms with van der Waals surface area (Å²) >= 11 is 0. The van der Waals surface area contributed by atoms with Crippen LogP contribution in [-0.4, -0.2) is 39.9 Å². The fourth-order valence-electron chi connectivity index (χ4n) is 3.52. The highest BCUT2D eigenvalue weighted by molar-refractivity contribution is 6.10. The van der Waals surface area contributed by atoms with Gasteiger partial charge in [-0.2, -0.15) is 0 Å². The zero-order chi connectivity index (χ0) is 21.3. The van der Waals surface area contributed by atoms with Gasteiger partial charge < -0.3 is 15.3 Å². The Morgan fingerprint density at radius 2 is 1.97 bits per heavy atom. The van der Waals surface area contributed by atoms with Gasteiger partial charge in [0.05, 0.1) is 36.7 Å². The first-order chi connectivity index (χ1) is 14.5. The van der Waals surface area contributed by atoms with Crippen LogP contribution < -0.4 is 9.64 Å². The number of aliphatic hydroxyl groups excluding tert-OH is 1. The number of nitrogens with one attached hydrogen (secondary N) is 1. The second kappa shape index (κ2) is 8.04. The highest BCUT2D eigenvalue weighted by atomic mass is 16.5. The minimum Gasteiger partial charge on any atom is -0.494 e. The molecular formula is C23H22N4O3. The first kappa shape index (κ1) is 19.7. The number of benzene rings is 2. The fourth-order valence-corrected chi connectivity index (χ4v) is 3.52. The van der Waals surface area contributed by atoms with Crippen molar-refractivity contribution < 1.29 is 14.6 Å². The molecule has 0 aliphatic carbocycles. The van der Waals surface area contributed by atoms with Crippen LogP contribution in [0.4, 0.5) is 11.5 Å². The van der Waals surface area contributed by atoms with Gasteiger partial charge in [-0.3, -0.25) is 9.69 Å². The van der Waals surface area contributed by atoms with E-state index in [2.05, 4.69) is 9.97 Å². The molecule has 2 heterocycles. The molecule has 7 heteroatoms. The largest absolute Gasteiger partial charge is 0.494 e. The average Bonchev–Trinajstić information content (AvgIpc) is 3.09. The van der Waals surface area contributed by atoms with E-state index in [1.165, 1.54) is 0 Å². The summed E-state index contributed by atoms with van der Waals surface area (Å²) in [5, 5.41) is 17.7. The number of carbonyl (C=O) groups is 1. The normalized spacial score (nSPS) is 12.8. The van der Waals surface area contributed by atoms with Gasteiger partial charge in [-0.15, -0.1) is 0 Å². The molecule has 2 N–H and O–H groups in total. The quantitative estimate of drug-likeness (QED) is 0.616. The van der Waals surface area contributed by atoms with E-state index in [-0.39, 0.29) is 18.0 Å². The third-order valence-electron chi connectivity index (χ3n) is 4.90. The number of hydrogen-bond acceptors (Lipinski definition) is 6. The van der Waals surface area contributed by atoms with Gasteiger partial charge in [0.2, 0.25) is 5.91 Å². The maximum Gasteiger partial charge on any atom is 0.237 e. The molecule has 30 heavy (non-hydrogen) atoms. The molecule has 0 spiro atoms. The second-order valence-corrected chi connectivity index (χ2v) is 7.04. The predicted molar refractivity (Wildman–Crippen MR) is 115 cm³/mol. The van der Waals surface area contributed by atoms with Crippen LogP contribution in [0.25, 0.3) is 11.4 Å². The van der Waals surface area contributed by atoms with E-state index in [1.807, 2.05) is 62.4 Å². The van der Waals surface area contributed by atoms with Gasteiger partial charge in [-0.05, 0) is 55.8 Å². The van der Waals surface area contributed by atoms with Crippen molar-refractivity contribution in [3.05, 3.63) is 65.4 Å². The summed E-state index contributed by atoms with van der Waals surface area (Å²) in [7, 11) is 0. The minimum atomic E-state index is -0.467. The molecule has 0 atom stereocenters.